The average molecular weight is 278 g/mol. The van der Waals surface area contributed by atoms with Gasteiger partial charge in [0.2, 0.25) is 0 Å². The van der Waals surface area contributed by atoms with Crippen LogP contribution in [-0.2, 0) is 6.54 Å². The van der Waals surface area contributed by atoms with Crippen molar-refractivity contribution in [2.75, 3.05) is 19.6 Å². The summed E-state index contributed by atoms with van der Waals surface area (Å²) in [6.45, 7) is 8.68. The van der Waals surface area contributed by atoms with Crippen LogP contribution in [0.1, 0.15) is 57.7 Å². The van der Waals surface area contributed by atoms with Gasteiger partial charge < -0.3 is 5.73 Å². The van der Waals surface area contributed by atoms with Crippen LogP contribution in [0.5, 0.6) is 0 Å². The van der Waals surface area contributed by atoms with Gasteiger partial charge in [-0.1, -0.05) is 13.8 Å². The Labute approximate surface area is 123 Å². The van der Waals surface area contributed by atoms with Gasteiger partial charge in [-0.15, -0.1) is 0 Å². The van der Waals surface area contributed by atoms with Crippen LogP contribution < -0.4 is 5.73 Å². The molecular formula is C16H30N4. The molecule has 2 heterocycles. The van der Waals surface area contributed by atoms with Crippen LogP contribution in [0.15, 0.2) is 12.3 Å². The maximum Gasteiger partial charge on any atom is 0.0764 e. The summed E-state index contributed by atoms with van der Waals surface area (Å²) in [4.78, 5) is 2.55. The lowest BCUT2D eigenvalue weighted by Gasteiger charge is -2.32. The molecule has 20 heavy (non-hydrogen) atoms. The van der Waals surface area contributed by atoms with Gasteiger partial charge >= 0.3 is 0 Å². The second kappa shape index (κ2) is 7.79. The lowest BCUT2D eigenvalue weighted by molar-refractivity contribution is 0.161. The van der Waals surface area contributed by atoms with E-state index in [0.29, 0.717) is 6.04 Å². The van der Waals surface area contributed by atoms with Gasteiger partial charge in [-0.2, -0.15) is 5.10 Å². The molecule has 0 amide bonds. The number of hydrogen-bond donors (Lipinski definition) is 1. The van der Waals surface area contributed by atoms with Crippen LogP contribution in [-0.4, -0.2) is 34.3 Å². The molecule has 0 radical (unpaired) electrons. The molecule has 114 valence electrons. The van der Waals surface area contributed by atoms with Crippen LogP contribution in [0, 0.1) is 5.92 Å². The first-order valence-electron chi connectivity index (χ1n) is 8.23. The van der Waals surface area contributed by atoms with Crippen LogP contribution in [0.3, 0.4) is 0 Å². The summed E-state index contributed by atoms with van der Waals surface area (Å²) in [5.41, 5.74) is 6.90. The van der Waals surface area contributed by atoms with Crippen molar-refractivity contribution in [1.29, 1.82) is 0 Å². The van der Waals surface area contributed by atoms with Gasteiger partial charge in [-0.3, -0.25) is 9.58 Å². The zero-order valence-electron chi connectivity index (χ0n) is 13.1. The number of hydrogen-bond acceptors (Lipinski definition) is 3. The van der Waals surface area contributed by atoms with Gasteiger partial charge in [0.25, 0.3) is 0 Å². The molecule has 1 saturated heterocycles. The topological polar surface area (TPSA) is 47.1 Å². The number of piperidine rings is 1. The van der Waals surface area contributed by atoms with Gasteiger partial charge in [-0.05, 0) is 57.2 Å². The summed E-state index contributed by atoms with van der Waals surface area (Å²) in [6, 6.07) is 2.74. The number of rotatable bonds is 7. The van der Waals surface area contributed by atoms with E-state index in [4.69, 9.17) is 10.8 Å². The molecule has 0 spiro atoms. The van der Waals surface area contributed by atoms with Gasteiger partial charge in [-0.25, -0.2) is 0 Å². The molecule has 0 saturated carbocycles. The van der Waals surface area contributed by atoms with Crippen molar-refractivity contribution in [1.82, 2.24) is 14.7 Å². The van der Waals surface area contributed by atoms with Crippen LogP contribution in [0.25, 0.3) is 0 Å². The Balaban J connectivity index is 1.89. The standard InChI is InChI=1S/C16H30N4/c1-3-16(4-2)20-11-8-15(18-20)13-19-10-5-6-14(12-19)7-9-17/h8,11,14,16H,3-7,9-10,12-13,17H2,1-2H3. The molecular weight excluding hydrogens is 248 g/mol. The molecule has 0 aromatic carbocycles. The highest BCUT2D eigenvalue weighted by molar-refractivity contribution is 5.00. The van der Waals surface area contributed by atoms with E-state index in [-0.39, 0.29) is 0 Å². The number of nitrogens with zero attached hydrogens (tertiary/aromatic N) is 3. The number of aromatic nitrogens is 2. The summed E-state index contributed by atoms with van der Waals surface area (Å²) < 4.78 is 2.15. The average Bonchev–Trinajstić information content (AvgIpc) is 2.89. The summed E-state index contributed by atoms with van der Waals surface area (Å²) in [5, 5.41) is 4.77. The molecule has 1 fully saturated rings. The highest BCUT2D eigenvalue weighted by atomic mass is 15.3. The predicted octanol–water partition coefficient (Wildman–Crippen LogP) is 2.81. The Morgan fingerprint density at radius 2 is 2.20 bits per heavy atom. The molecule has 1 aliphatic heterocycles. The number of nitrogens with two attached hydrogens (primary N) is 1. The maximum absolute atomic E-state index is 5.69. The lowest BCUT2D eigenvalue weighted by atomic mass is 9.95. The zero-order chi connectivity index (χ0) is 14.4. The first-order chi connectivity index (χ1) is 9.76. The fraction of sp³-hybridized carbons (Fsp3) is 0.812. The maximum atomic E-state index is 5.69. The molecule has 1 unspecified atom stereocenters. The second-order valence-corrected chi connectivity index (χ2v) is 6.08. The first kappa shape index (κ1) is 15.5. The lowest BCUT2D eigenvalue weighted by Crippen LogP contribution is -2.35. The summed E-state index contributed by atoms with van der Waals surface area (Å²) in [7, 11) is 0. The fourth-order valence-corrected chi connectivity index (χ4v) is 3.32. The van der Waals surface area contributed by atoms with Crippen molar-refractivity contribution >= 4 is 0 Å². The van der Waals surface area contributed by atoms with Gasteiger partial charge in [0.05, 0.1) is 11.7 Å². The highest BCUT2D eigenvalue weighted by Gasteiger charge is 2.20. The van der Waals surface area contributed by atoms with Crippen LogP contribution in [0.2, 0.25) is 0 Å². The van der Waals surface area contributed by atoms with Crippen molar-refractivity contribution in [2.24, 2.45) is 11.7 Å². The molecule has 1 atom stereocenters. The fourth-order valence-electron chi connectivity index (χ4n) is 3.32. The minimum Gasteiger partial charge on any atom is -0.330 e. The Morgan fingerprint density at radius 3 is 2.90 bits per heavy atom. The van der Waals surface area contributed by atoms with E-state index in [1.165, 1.54) is 38.0 Å². The quantitative estimate of drug-likeness (QED) is 0.834. The van der Waals surface area contributed by atoms with Crippen molar-refractivity contribution < 1.29 is 0 Å². The van der Waals surface area contributed by atoms with Crippen LogP contribution in [0.4, 0.5) is 0 Å². The van der Waals surface area contributed by atoms with Crippen LogP contribution >= 0.6 is 0 Å². The van der Waals surface area contributed by atoms with Crippen molar-refractivity contribution in [2.45, 2.75) is 58.5 Å². The molecule has 1 aromatic rings. The Kier molecular flexibility index (Phi) is 6.05. The normalized spacial score (nSPS) is 20.7. The smallest absolute Gasteiger partial charge is 0.0764 e. The molecule has 1 aromatic heterocycles. The van der Waals surface area contributed by atoms with E-state index < -0.39 is 0 Å². The van der Waals surface area contributed by atoms with E-state index in [0.717, 1.165) is 31.8 Å². The molecule has 4 heteroatoms. The molecule has 2 rings (SSSR count). The van der Waals surface area contributed by atoms with Crippen molar-refractivity contribution in [3.63, 3.8) is 0 Å². The first-order valence-corrected chi connectivity index (χ1v) is 8.23. The molecule has 4 nitrogen and oxygen atoms in total. The summed E-state index contributed by atoms with van der Waals surface area (Å²) in [6.07, 6.45) is 8.26. The van der Waals surface area contributed by atoms with Gasteiger partial charge in [0, 0.05) is 19.3 Å². The predicted molar refractivity (Wildman–Crippen MR) is 83.5 cm³/mol. The minimum absolute atomic E-state index is 0.551. The summed E-state index contributed by atoms with van der Waals surface area (Å²) >= 11 is 0. The third-order valence-electron chi connectivity index (χ3n) is 4.54. The number of likely N-dealkylation sites (tertiary alicyclic amines) is 1. The second-order valence-electron chi connectivity index (χ2n) is 6.08. The van der Waals surface area contributed by atoms with Crippen molar-refractivity contribution in [3.8, 4) is 0 Å². The Bertz CT molecular complexity index is 382. The largest absolute Gasteiger partial charge is 0.330 e. The molecule has 2 N–H and O–H groups in total. The highest BCUT2D eigenvalue weighted by Crippen LogP contribution is 2.21. The van der Waals surface area contributed by atoms with Gasteiger partial charge in [0.1, 0.15) is 0 Å². The van der Waals surface area contributed by atoms with E-state index in [1.807, 2.05) is 0 Å². The zero-order valence-corrected chi connectivity index (χ0v) is 13.1. The third-order valence-corrected chi connectivity index (χ3v) is 4.54. The Hall–Kier alpha value is -0.870. The summed E-state index contributed by atoms with van der Waals surface area (Å²) in [5.74, 6) is 0.787. The SMILES string of the molecule is CCC(CC)n1ccc(CN2CCCC(CCN)C2)n1. The van der Waals surface area contributed by atoms with E-state index in [2.05, 4.69) is 35.7 Å². The van der Waals surface area contributed by atoms with E-state index in [9.17, 15) is 0 Å². The van der Waals surface area contributed by atoms with Gasteiger partial charge in [0.15, 0.2) is 0 Å². The third kappa shape index (κ3) is 4.06. The molecule has 0 bridgehead atoms. The van der Waals surface area contributed by atoms with Crippen molar-refractivity contribution in [3.05, 3.63) is 18.0 Å². The molecule has 0 aliphatic carbocycles. The molecule has 1 aliphatic rings. The Morgan fingerprint density at radius 1 is 1.40 bits per heavy atom. The monoisotopic (exact) mass is 278 g/mol. The minimum atomic E-state index is 0.551. The van der Waals surface area contributed by atoms with E-state index >= 15 is 0 Å². The van der Waals surface area contributed by atoms with E-state index in [1.54, 1.807) is 0 Å².